The standard InChI is InChI=1S/C16H21FN2O/c1-4-10(2)16(20)9-18-15-7-11(3)19-14-6-5-12(17)8-13(14)15/h5-8,10,16,20H,4,9H2,1-3H3,(H,18,19). The van der Waals surface area contributed by atoms with Crippen molar-refractivity contribution >= 4 is 16.6 Å². The van der Waals surface area contributed by atoms with Crippen LogP contribution in [0, 0.1) is 18.7 Å². The summed E-state index contributed by atoms with van der Waals surface area (Å²) >= 11 is 0. The minimum absolute atomic E-state index is 0.230. The van der Waals surface area contributed by atoms with Gasteiger partial charge in [-0.3, -0.25) is 4.98 Å². The summed E-state index contributed by atoms with van der Waals surface area (Å²) in [6.45, 7) is 6.42. The van der Waals surface area contributed by atoms with Gasteiger partial charge in [-0.2, -0.15) is 0 Å². The van der Waals surface area contributed by atoms with Crippen LogP contribution in [-0.4, -0.2) is 22.7 Å². The molecule has 0 aliphatic rings. The van der Waals surface area contributed by atoms with E-state index >= 15 is 0 Å². The zero-order valence-corrected chi connectivity index (χ0v) is 12.2. The molecule has 1 aromatic carbocycles. The van der Waals surface area contributed by atoms with E-state index in [2.05, 4.69) is 17.2 Å². The number of hydrogen-bond acceptors (Lipinski definition) is 3. The van der Waals surface area contributed by atoms with Crippen LogP contribution in [-0.2, 0) is 0 Å². The molecule has 0 radical (unpaired) electrons. The number of anilines is 1. The van der Waals surface area contributed by atoms with Crippen LogP contribution in [0.5, 0.6) is 0 Å². The Morgan fingerprint density at radius 1 is 1.35 bits per heavy atom. The zero-order valence-electron chi connectivity index (χ0n) is 12.2. The van der Waals surface area contributed by atoms with Gasteiger partial charge in [0.15, 0.2) is 0 Å². The summed E-state index contributed by atoms with van der Waals surface area (Å²) in [6, 6.07) is 6.44. The van der Waals surface area contributed by atoms with Crippen molar-refractivity contribution in [3.8, 4) is 0 Å². The highest BCUT2D eigenvalue weighted by Crippen LogP contribution is 2.24. The molecule has 0 fully saturated rings. The van der Waals surface area contributed by atoms with Gasteiger partial charge in [0.25, 0.3) is 0 Å². The molecule has 3 nitrogen and oxygen atoms in total. The minimum atomic E-state index is -0.419. The van der Waals surface area contributed by atoms with Crippen LogP contribution >= 0.6 is 0 Å². The quantitative estimate of drug-likeness (QED) is 0.878. The Bertz CT molecular complexity index is 600. The predicted molar refractivity (Wildman–Crippen MR) is 80.4 cm³/mol. The number of benzene rings is 1. The largest absolute Gasteiger partial charge is 0.391 e. The van der Waals surface area contributed by atoms with Crippen molar-refractivity contribution in [3.05, 3.63) is 35.8 Å². The van der Waals surface area contributed by atoms with Gasteiger partial charge in [0.1, 0.15) is 5.82 Å². The van der Waals surface area contributed by atoms with Gasteiger partial charge in [-0.05, 0) is 37.1 Å². The molecule has 4 heteroatoms. The summed E-state index contributed by atoms with van der Waals surface area (Å²) in [4.78, 5) is 4.39. The number of aliphatic hydroxyl groups is 1. The third-order valence-electron chi connectivity index (χ3n) is 3.70. The van der Waals surface area contributed by atoms with Crippen molar-refractivity contribution in [2.45, 2.75) is 33.3 Å². The Hall–Kier alpha value is -1.68. The lowest BCUT2D eigenvalue weighted by Gasteiger charge is -2.19. The van der Waals surface area contributed by atoms with E-state index in [4.69, 9.17) is 0 Å². The van der Waals surface area contributed by atoms with Crippen molar-refractivity contribution in [1.82, 2.24) is 4.98 Å². The molecule has 20 heavy (non-hydrogen) atoms. The second kappa shape index (κ2) is 6.18. The molecule has 0 bridgehead atoms. The number of fused-ring (bicyclic) bond motifs is 1. The molecule has 1 heterocycles. The van der Waals surface area contributed by atoms with Crippen molar-refractivity contribution in [1.29, 1.82) is 0 Å². The normalized spacial score (nSPS) is 14.2. The number of rotatable bonds is 5. The van der Waals surface area contributed by atoms with E-state index in [0.29, 0.717) is 6.54 Å². The molecule has 0 saturated heterocycles. The van der Waals surface area contributed by atoms with Gasteiger partial charge in [-0.25, -0.2) is 4.39 Å². The molecule has 2 aromatic rings. The van der Waals surface area contributed by atoms with Crippen LogP contribution in [0.4, 0.5) is 10.1 Å². The predicted octanol–water partition coefficient (Wildman–Crippen LogP) is 3.50. The zero-order chi connectivity index (χ0) is 14.7. The van der Waals surface area contributed by atoms with E-state index in [0.717, 1.165) is 28.7 Å². The summed E-state index contributed by atoms with van der Waals surface area (Å²) in [6.07, 6.45) is 0.505. The number of nitrogens with zero attached hydrogens (tertiary/aromatic N) is 1. The molecule has 2 atom stereocenters. The molecular formula is C16H21FN2O. The van der Waals surface area contributed by atoms with Gasteiger partial charge in [0.2, 0.25) is 0 Å². The molecule has 1 aromatic heterocycles. The third-order valence-corrected chi connectivity index (χ3v) is 3.70. The number of aryl methyl sites for hydroxylation is 1. The Kier molecular flexibility index (Phi) is 4.55. The lowest BCUT2D eigenvalue weighted by Crippen LogP contribution is -2.26. The average molecular weight is 276 g/mol. The molecule has 108 valence electrons. The first-order chi connectivity index (χ1) is 9.51. The highest BCUT2D eigenvalue weighted by molar-refractivity contribution is 5.91. The summed E-state index contributed by atoms with van der Waals surface area (Å²) in [5.74, 6) is -0.0536. The maximum absolute atomic E-state index is 13.4. The van der Waals surface area contributed by atoms with Crippen LogP contribution in [0.15, 0.2) is 24.3 Å². The Morgan fingerprint density at radius 3 is 2.80 bits per heavy atom. The van der Waals surface area contributed by atoms with Crippen molar-refractivity contribution in [2.75, 3.05) is 11.9 Å². The van der Waals surface area contributed by atoms with Crippen molar-refractivity contribution in [3.63, 3.8) is 0 Å². The van der Waals surface area contributed by atoms with Crippen LogP contribution in [0.3, 0.4) is 0 Å². The third kappa shape index (κ3) is 3.25. The van der Waals surface area contributed by atoms with Gasteiger partial charge in [-0.1, -0.05) is 20.3 Å². The fourth-order valence-corrected chi connectivity index (χ4v) is 2.16. The van der Waals surface area contributed by atoms with Crippen LogP contribution < -0.4 is 5.32 Å². The first-order valence-corrected chi connectivity index (χ1v) is 7.00. The fraction of sp³-hybridized carbons (Fsp3) is 0.438. The summed E-state index contributed by atoms with van der Waals surface area (Å²) in [7, 11) is 0. The Morgan fingerprint density at radius 2 is 2.10 bits per heavy atom. The van der Waals surface area contributed by atoms with Crippen molar-refractivity contribution < 1.29 is 9.50 Å². The van der Waals surface area contributed by atoms with E-state index in [9.17, 15) is 9.50 Å². The average Bonchev–Trinajstić information content (AvgIpc) is 2.44. The molecule has 2 unspecified atom stereocenters. The Balaban J connectivity index is 2.27. The van der Waals surface area contributed by atoms with Gasteiger partial charge in [-0.15, -0.1) is 0 Å². The number of pyridine rings is 1. The molecule has 0 aliphatic heterocycles. The first kappa shape index (κ1) is 14.7. The fourth-order valence-electron chi connectivity index (χ4n) is 2.16. The maximum atomic E-state index is 13.4. The van der Waals surface area contributed by atoms with Gasteiger partial charge in [0.05, 0.1) is 11.6 Å². The monoisotopic (exact) mass is 276 g/mol. The number of halogens is 1. The second-order valence-corrected chi connectivity index (χ2v) is 5.31. The molecule has 0 spiro atoms. The first-order valence-electron chi connectivity index (χ1n) is 7.00. The molecular weight excluding hydrogens is 255 g/mol. The second-order valence-electron chi connectivity index (χ2n) is 5.31. The topological polar surface area (TPSA) is 45.1 Å². The van der Waals surface area contributed by atoms with E-state index in [1.165, 1.54) is 12.1 Å². The highest BCUT2D eigenvalue weighted by Gasteiger charge is 2.13. The van der Waals surface area contributed by atoms with E-state index in [1.54, 1.807) is 6.07 Å². The van der Waals surface area contributed by atoms with Crippen molar-refractivity contribution in [2.24, 2.45) is 5.92 Å². The maximum Gasteiger partial charge on any atom is 0.124 e. The van der Waals surface area contributed by atoms with Crippen LogP contribution in [0.1, 0.15) is 26.0 Å². The summed E-state index contributed by atoms with van der Waals surface area (Å²) < 4.78 is 13.4. The highest BCUT2D eigenvalue weighted by atomic mass is 19.1. The number of hydrogen-bond donors (Lipinski definition) is 2. The van der Waals surface area contributed by atoms with E-state index in [-0.39, 0.29) is 11.7 Å². The molecule has 0 aliphatic carbocycles. The lowest BCUT2D eigenvalue weighted by molar-refractivity contribution is 0.126. The molecule has 2 N–H and O–H groups in total. The Labute approximate surface area is 118 Å². The smallest absolute Gasteiger partial charge is 0.124 e. The van der Waals surface area contributed by atoms with Gasteiger partial charge < -0.3 is 10.4 Å². The van der Waals surface area contributed by atoms with Crippen LogP contribution in [0.2, 0.25) is 0 Å². The van der Waals surface area contributed by atoms with Gasteiger partial charge in [0, 0.05) is 23.3 Å². The van der Waals surface area contributed by atoms with Crippen LogP contribution in [0.25, 0.3) is 10.9 Å². The van der Waals surface area contributed by atoms with Gasteiger partial charge >= 0.3 is 0 Å². The number of nitrogens with one attached hydrogen (secondary N) is 1. The summed E-state index contributed by atoms with van der Waals surface area (Å²) in [5.41, 5.74) is 2.44. The number of aromatic nitrogens is 1. The molecule has 0 amide bonds. The van der Waals surface area contributed by atoms with E-state index in [1.807, 2.05) is 19.9 Å². The number of aliphatic hydroxyl groups excluding tert-OH is 1. The summed E-state index contributed by atoms with van der Waals surface area (Å²) in [5, 5.41) is 14.0. The minimum Gasteiger partial charge on any atom is -0.391 e. The SMILES string of the molecule is CCC(C)C(O)CNc1cc(C)nc2ccc(F)cc12. The molecule has 0 saturated carbocycles. The molecule has 2 rings (SSSR count). The lowest BCUT2D eigenvalue weighted by atomic mass is 10.0. The van der Waals surface area contributed by atoms with E-state index < -0.39 is 6.10 Å².